The van der Waals surface area contributed by atoms with E-state index in [9.17, 15) is 9.59 Å². The van der Waals surface area contributed by atoms with E-state index in [1.165, 1.54) is 0 Å². The molecule has 118 valence electrons. The van der Waals surface area contributed by atoms with Crippen LogP contribution in [0.1, 0.15) is 12.0 Å². The largest absolute Gasteiger partial charge is 0.478 e. The highest BCUT2D eigenvalue weighted by atomic mass is 35.5. The Balaban J connectivity index is 1.69. The fourth-order valence-corrected chi connectivity index (χ4v) is 2.50. The van der Waals surface area contributed by atoms with Crippen LogP contribution in [-0.4, -0.2) is 17.9 Å². The monoisotopic (exact) mass is 330 g/mol. The maximum absolute atomic E-state index is 12.2. The highest BCUT2D eigenvalue weighted by Crippen LogP contribution is 2.29. The zero-order chi connectivity index (χ0) is 16.4. The molecule has 2 N–H and O–H groups in total. The average Bonchev–Trinajstić information content (AvgIpc) is 2.51. The highest BCUT2D eigenvalue weighted by molar-refractivity contribution is 6.31. The van der Waals surface area contributed by atoms with Crippen molar-refractivity contribution in [1.29, 1.82) is 0 Å². The number of amides is 2. The molecule has 0 saturated carbocycles. The van der Waals surface area contributed by atoms with Gasteiger partial charge in [0.05, 0.1) is 12.1 Å². The Morgan fingerprint density at radius 2 is 2.09 bits per heavy atom. The summed E-state index contributed by atoms with van der Waals surface area (Å²) >= 11 is 5.93. The molecule has 1 aliphatic heterocycles. The van der Waals surface area contributed by atoms with Crippen molar-refractivity contribution in [3.63, 3.8) is 0 Å². The molecule has 1 atom stereocenters. The van der Waals surface area contributed by atoms with Crippen LogP contribution in [0.15, 0.2) is 42.5 Å². The van der Waals surface area contributed by atoms with Crippen LogP contribution in [0.5, 0.6) is 5.75 Å². The maximum Gasteiger partial charge on any atom is 0.266 e. The summed E-state index contributed by atoms with van der Waals surface area (Å²) in [6.45, 7) is 1.87. The standard InChI is InChI=1S/C17H15ClN2O3/c1-10-6-7-11(18)8-13(10)19-16(21)9-15-17(22)20-12-4-2-3-5-14(12)23-15/h2-8,15H,9H2,1H3,(H,19,21)(H,20,22)/t15-/m0/s1. The van der Waals surface area contributed by atoms with Gasteiger partial charge < -0.3 is 15.4 Å². The van der Waals surface area contributed by atoms with Crippen molar-refractivity contribution in [1.82, 2.24) is 0 Å². The smallest absolute Gasteiger partial charge is 0.266 e. The predicted octanol–water partition coefficient (Wildman–Crippen LogP) is 3.38. The Bertz CT molecular complexity index is 776. The number of carbonyl (C=O) groups excluding carboxylic acids is 2. The number of benzene rings is 2. The third-order valence-corrected chi connectivity index (χ3v) is 3.79. The van der Waals surface area contributed by atoms with Crippen LogP contribution >= 0.6 is 11.6 Å². The molecule has 0 aromatic heterocycles. The predicted molar refractivity (Wildman–Crippen MR) is 88.9 cm³/mol. The summed E-state index contributed by atoms with van der Waals surface area (Å²) in [6, 6.07) is 12.4. The number of anilines is 2. The van der Waals surface area contributed by atoms with Gasteiger partial charge in [-0.3, -0.25) is 9.59 Å². The molecule has 0 spiro atoms. The molecule has 0 fully saturated rings. The minimum atomic E-state index is -0.857. The number of para-hydroxylation sites is 2. The van der Waals surface area contributed by atoms with E-state index in [1.807, 2.05) is 19.1 Å². The highest BCUT2D eigenvalue weighted by Gasteiger charge is 2.29. The summed E-state index contributed by atoms with van der Waals surface area (Å²) in [5, 5.41) is 6.03. The van der Waals surface area contributed by atoms with Gasteiger partial charge >= 0.3 is 0 Å². The first kappa shape index (κ1) is 15.4. The Kier molecular flexibility index (Phi) is 4.21. The molecule has 0 aliphatic carbocycles. The van der Waals surface area contributed by atoms with E-state index in [2.05, 4.69) is 10.6 Å². The number of aryl methyl sites for hydroxylation is 1. The number of rotatable bonds is 3. The minimum absolute atomic E-state index is 0.0773. The van der Waals surface area contributed by atoms with E-state index >= 15 is 0 Å². The third-order valence-electron chi connectivity index (χ3n) is 3.55. The normalized spacial score (nSPS) is 16.1. The minimum Gasteiger partial charge on any atom is -0.478 e. The first-order chi connectivity index (χ1) is 11.0. The molecule has 23 heavy (non-hydrogen) atoms. The second-order valence-corrected chi connectivity index (χ2v) is 5.74. The van der Waals surface area contributed by atoms with Gasteiger partial charge in [-0.15, -0.1) is 0 Å². The zero-order valence-electron chi connectivity index (χ0n) is 12.4. The molecule has 2 aromatic rings. The number of carbonyl (C=O) groups is 2. The lowest BCUT2D eigenvalue weighted by molar-refractivity contribution is -0.128. The third kappa shape index (κ3) is 3.46. The SMILES string of the molecule is Cc1ccc(Cl)cc1NC(=O)C[C@@H]1Oc2ccccc2NC1=O. The van der Waals surface area contributed by atoms with E-state index in [1.54, 1.807) is 30.3 Å². The second kappa shape index (κ2) is 6.30. The Morgan fingerprint density at radius 1 is 1.30 bits per heavy atom. The summed E-state index contributed by atoms with van der Waals surface area (Å²) in [4.78, 5) is 24.2. The van der Waals surface area contributed by atoms with Gasteiger partial charge in [-0.1, -0.05) is 29.8 Å². The summed E-state index contributed by atoms with van der Waals surface area (Å²) in [5.74, 6) is -0.0830. The van der Waals surface area contributed by atoms with Gasteiger partial charge in [-0.2, -0.15) is 0 Å². The molecule has 1 heterocycles. The Hall–Kier alpha value is -2.53. The van der Waals surface area contributed by atoms with Crippen molar-refractivity contribution >= 4 is 34.8 Å². The van der Waals surface area contributed by atoms with Crippen LogP contribution in [0.4, 0.5) is 11.4 Å². The summed E-state index contributed by atoms with van der Waals surface area (Å²) in [5.41, 5.74) is 2.13. The van der Waals surface area contributed by atoms with Gasteiger partial charge in [-0.25, -0.2) is 0 Å². The summed E-state index contributed by atoms with van der Waals surface area (Å²) in [7, 11) is 0. The van der Waals surface area contributed by atoms with E-state index in [0.717, 1.165) is 5.56 Å². The number of ether oxygens (including phenoxy) is 1. The van der Waals surface area contributed by atoms with Crippen LogP contribution in [0, 0.1) is 6.92 Å². The number of hydrogen-bond donors (Lipinski definition) is 2. The van der Waals surface area contributed by atoms with Crippen LogP contribution in [0.25, 0.3) is 0 Å². The van der Waals surface area contributed by atoms with Crippen LogP contribution < -0.4 is 15.4 Å². The van der Waals surface area contributed by atoms with Crippen molar-refractivity contribution in [3.8, 4) is 5.75 Å². The molecule has 0 bridgehead atoms. The number of halogens is 1. The van der Waals surface area contributed by atoms with Gasteiger partial charge in [0, 0.05) is 10.7 Å². The van der Waals surface area contributed by atoms with Gasteiger partial charge in [0.15, 0.2) is 6.10 Å². The van der Waals surface area contributed by atoms with Crippen molar-refractivity contribution in [2.24, 2.45) is 0 Å². The topological polar surface area (TPSA) is 67.4 Å². The molecule has 1 aliphatic rings. The molecular formula is C17H15ClN2O3. The average molecular weight is 331 g/mol. The summed E-state index contributed by atoms with van der Waals surface area (Å²) < 4.78 is 5.61. The van der Waals surface area contributed by atoms with Crippen molar-refractivity contribution in [3.05, 3.63) is 53.1 Å². The molecule has 3 rings (SSSR count). The first-order valence-electron chi connectivity index (χ1n) is 7.15. The lowest BCUT2D eigenvalue weighted by Gasteiger charge is -2.25. The molecule has 0 saturated heterocycles. The number of nitrogens with one attached hydrogen (secondary N) is 2. The number of hydrogen-bond acceptors (Lipinski definition) is 3. The quantitative estimate of drug-likeness (QED) is 0.906. The van der Waals surface area contributed by atoms with Gasteiger partial charge in [0.1, 0.15) is 5.75 Å². The van der Waals surface area contributed by atoms with Crippen LogP contribution in [-0.2, 0) is 9.59 Å². The molecule has 2 amide bonds. The lowest BCUT2D eigenvalue weighted by atomic mass is 10.1. The molecular weight excluding hydrogens is 316 g/mol. The lowest BCUT2D eigenvalue weighted by Crippen LogP contribution is -2.39. The summed E-state index contributed by atoms with van der Waals surface area (Å²) in [6.07, 6.45) is -0.934. The molecule has 0 radical (unpaired) electrons. The van der Waals surface area contributed by atoms with Gasteiger partial charge in [0.2, 0.25) is 5.91 Å². The first-order valence-corrected chi connectivity index (χ1v) is 7.53. The van der Waals surface area contributed by atoms with Gasteiger partial charge in [-0.05, 0) is 36.8 Å². The molecule has 2 aromatic carbocycles. The van der Waals surface area contributed by atoms with Gasteiger partial charge in [0.25, 0.3) is 5.91 Å². The van der Waals surface area contributed by atoms with E-state index in [0.29, 0.717) is 22.1 Å². The fraction of sp³-hybridized carbons (Fsp3) is 0.176. The second-order valence-electron chi connectivity index (χ2n) is 5.30. The number of fused-ring (bicyclic) bond motifs is 1. The van der Waals surface area contributed by atoms with Crippen LogP contribution in [0.3, 0.4) is 0 Å². The van der Waals surface area contributed by atoms with Crippen LogP contribution in [0.2, 0.25) is 5.02 Å². The van der Waals surface area contributed by atoms with E-state index in [-0.39, 0.29) is 18.2 Å². The van der Waals surface area contributed by atoms with E-state index in [4.69, 9.17) is 16.3 Å². The maximum atomic E-state index is 12.2. The van der Waals surface area contributed by atoms with Crippen molar-refractivity contribution in [2.75, 3.05) is 10.6 Å². The van der Waals surface area contributed by atoms with Crippen molar-refractivity contribution in [2.45, 2.75) is 19.4 Å². The fourth-order valence-electron chi connectivity index (χ4n) is 2.33. The van der Waals surface area contributed by atoms with E-state index < -0.39 is 6.10 Å². The Morgan fingerprint density at radius 3 is 2.91 bits per heavy atom. The molecule has 5 nitrogen and oxygen atoms in total. The van der Waals surface area contributed by atoms with Crippen molar-refractivity contribution < 1.29 is 14.3 Å². The molecule has 0 unspecified atom stereocenters. The Labute approximate surface area is 138 Å². The molecule has 6 heteroatoms. The zero-order valence-corrected chi connectivity index (χ0v) is 13.2.